The van der Waals surface area contributed by atoms with Crippen LogP contribution in [-0.4, -0.2) is 54.6 Å². The molecule has 5 nitrogen and oxygen atoms in total. The van der Waals surface area contributed by atoms with Crippen molar-refractivity contribution in [3.8, 4) is 0 Å². The van der Waals surface area contributed by atoms with Gasteiger partial charge in [0.05, 0.1) is 6.20 Å². The lowest BCUT2D eigenvalue weighted by Crippen LogP contribution is -2.51. The van der Waals surface area contributed by atoms with Crippen LogP contribution in [0, 0.1) is 5.82 Å². The molecule has 100 valence electrons. The van der Waals surface area contributed by atoms with E-state index in [1.165, 1.54) is 6.20 Å². The molecule has 1 aromatic heterocycles. The maximum atomic E-state index is 13.3. The average molecular weight is 253 g/mol. The van der Waals surface area contributed by atoms with E-state index in [1.807, 2.05) is 0 Å². The summed E-state index contributed by atoms with van der Waals surface area (Å²) in [5, 5.41) is 2.75. The number of aromatic nitrogens is 2. The van der Waals surface area contributed by atoms with E-state index < -0.39 is 5.82 Å². The van der Waals surface area contributed by atoms with Gasteiger partial charge in [0.15, 0.2) is 11.6 Å². The van der Waals surface area contributed by atoms with Gasteiger partial charge in [-0.1, -0.05) is 6.92 Å². The summed E-state index contributed by atoms with van der Waals surface area (Å²) in [5.74, 6) is 0.446. The quantitative estimate of drug-likeness (QED) is 0.876. The van der Waals surface area contributed by atoms with Crippen LogP contribution in [-0.2, 0) is 0 Å². The molecule has 1 aliphatic heterocycles. The first-order valence-corrected chi connectivity index (χ1v) is 6.31. The Kier molecular flexibility index (Phi) is 3.96. The molecule has 0 saturated carbocycles. The lowest BCUT2D eigenvalue weighted by atomic mass is 10.1. The Balaban J connectivity index is 2.16. The number of hydrogen-bond donors (Lipinski definition) is 1. The van der Waals surface area contributed by atoms with Crippen molar-refractivity contribution in [2.24, 2.45) is 0 Å². The van der Waals surface area contributed by atoms with E-state index in [-0.39, 0.29) is 5.82 Å². The van der Waals surface area contributed by atoms with Gasteiger partial charge in [0, 0.05) is 32.7 Å². The predicted molar refractivity (Wildman–Crippen MR) is 70.5 cm³/mol. The monoisotopic (exact) mass is 253 g/mol. The number of anilines is 2. The van der Waals surface area contributed by atoms with Gasteiger partial charge in [-0.15, -0.1) is 0 Å². The highest BCUT2D eigenvalue weighted by Crippen LogP contribution is 2.18. The molecule has 1 atom stereocenters. The second-order valence-electron chi connectivity index (χ2n) is 4.61. The van der Waals surface area contributed by atoms with E-state index in [2.05, 4.69) is 39.1 Å². The predicted octanol–water partition coefficient (Wildman–Crippen LogP) is 1.19. The summed E-state index contributed by atoms with van der Waals surface area (Å²) in [6, 6.07) is 0.505. The first kappa shape index (κ1) is 13.0. The zero-order valence-corrected chi connectivity index (χ0v) is 11.1. The molecule has 0 radical (unpaired) electrons. The third kappa shape index (κ3) is 2.53. The molecule has 1 aromatic rings. The largest absolute Gasteiger partial charge is 0.371 e. The third-order valence-electron chi connectivity index (χ3n) is 3.50. The summed E-state index contributed by atoms with van der Waals surface area (Å²) >= 11 is 0. The molecule has 1 fully saturated rings. The normalized spacial score (nSPS) is 21.1. The van der Waals surface area contributed by atoms with Crippen molar-refractivity contribution >= 4 is 11.8 Å². The minimum Gasteiger partial charge on any atom is -0.371 e. The van der Waals surface area contributed by atoms with Gasteiger partial charge in [-0.3, -0.25) is 4.90 Å². The highest BCUT2D eigenvalue weighted by atomic mass is 19.1. The van der Waals surface area contributed by atoms with Crippen LogP contribution in [0.25, 0.3) is 0 Å². The summed E-state index contributed by atoms with van der Waals surface area (Å²) in [6.45, 7) is 4.92. The highest BCUT2D eigenvalue weighted by Gasteiger charge is 2.24. The Morgan fingerprint density at radius 2 is 2.28 bits per heavy atom. The molecular weight excluding hydrogens is 233 g/mol. The van der Waals surface area contributed by atoms with Gasteiger partial charge >= 0.3 is 0 Å². The molecule has 6 heteroatoms. The zero-order chi connectivity index (χ0) is 13.1. The Morgan fingerprint density at radius 3 is 2.94 bits per heavy atom. The van der Waals surface area contributed by atoms with Gasteiger partial charge in [0.2, 0.25) is 5.95 Å². The third-order valence-corrected chi connectivity index (χ3v) is 3.50. The van der Waals surface area contributed by atoms with Crippen LogP contribution < -0.4 is 10.2 Å². The molecule has 1 aliphatic rings. The van der Waals surface area contributed by atoms with Crippen LogP contribution in [0.5, 0.6) is 0 Å². The number of rotatable bonds is 3. The Bertz CT molecular complexity index is 411. The van der Waals surface area contributed by atoms with Crippen molar-refractivity contribution in [1.29, 1.82) is 0 Å². The number of piperazine rings is 1. The summed E-state index contributed by atoms with van der Waals surface area (Å²) in [7, 11) is 3.80. The second kappa shape index (κ2) is 5.48. The Morgan fingerprint density at radius 1 is 1.50 bits per heavy atom. The Hall–Kier alpha value is -1.43. The molecule has 0 aliphatic carbocycles. The molecule has 1 saturated heterocycles. The molecular formula is C12H20FN5. The van der Waals surface area contributed by atoms with E-state index in [9.17, 15) is 4.39 Å². The fourth-order valence-electron chi connectivity index (χ4n) is 2.25. The van der Waals surface area contributed by atoms with Crippen molar-refractivity contribution in [2.45, 2.75) is 19.4 Å². The highest BCUT2D eigenvalue weighted by molar-refractivity contribution is 5.42. The average Bonchev–Trinajstić information content (AvgIpc) is 2.40. The van der Waals surface area contributed by atoms with Gasteiger partial charge in [-0.2, -0.15) is 4.98 Å². The van der Waals surface area contributed by atoms with Gasteiger partial charge in [-0.25, -0.2) is 9.37 Å². The number of halogens is 1. The molecule has 2 heterocycles. The number of likely N-dealkylation sites (N-methyl/N-ethyl adjacent to an activating group) is 1. The van der Waals surface area contributed by atoms with Gasteiger partial charge in [0.25, 0.3) is 0 Å². The van der Waals surface area contributed by atoms with Gasteiger partial charge < -0.3 is 10.2 Å². The van der Waals surface area contributed by atoms with E-state index in [1.54, 1.807) is 7.05 Å². The standard InChI is InChI=1S/C12H20FN5/c1-4-9-8-18(6-5-17(9)3)12-15-7-10(13)11(14-2)16-12/h7,9H,4-6,8H2,1-3H3,(H,14,15,16). The molecule has 2 rings (SSSR count). The van der Waals surface area contributed by atoms with Gasteiger partial charge in [0.1, 0.15) is 0 Å². The van der Waals surface area contributed by atoms with Crippen molar-refractivity contribution in [3.05, 3.63) is 12.0 Å². The molecule has 1 N–H and O–H groups in total. The van der Waals surface area contributed by atoms with Crippen molar-refractivity contribution in [3.63, 3.8) is 0 Å². The SMILES string of the molecule is CCC1CN(c2ncc(F)c(NC)n2)CCN1C. The second-order valence-corrected chi connectivity index (χ2v) is 4.61. The molecule has 0 bridgehead atoms. The first-order valence-electron chi connectivity index (χ1n) is 6.31. The van der Waals surface area contributed by atoms with E-state index in [0.29, 0.717) is 12.0 Å². The van der Waals surface area contributed by atoms with Crippen molar-refractivity contribution in [2.75, 3.05) is 43.9 Å². The van der Waals surface area contributed by atoms with E-state index in [4.69, 9.17) is 0 Å². The lowest BCUT2D eigenvalue weighted by molar-refractivity contribution is 0.212. The summed E-state index contributed by atoms with van der Waals surface area (Å²) in [5.41, 5.74) is 0. The minimum atomic E-state index is -0.414. The van der Waals surface area contributed by atoms with Crippen LogP contribution in [0.3, 0.4) is 0 Å². The summed E-state index contributed by atoms with van der Waals surface area (Å²) in [6.07, 6.45) is 2.32. The smallest absolute Gasteiger partial charge is 0.227 e. The van der Waals surface area contributed by atoms with Gasteiger partial charge in [-0.05, 0) is 13.5 Å². The fourth-order valence-corrected chi connectivity index (χ4v) is 2.25. The topological polar surface area (TPSA) is 44.3 Å². The minimum absolute atomic E-state index is 0.256. The Labute approximate surface area is 107 Å². The first-order chi connectivity index (χ1) is 8.65. The van der Waals surface area contributed by atoms with Crippen LogP contribution >= 0.6 is 0 Å². The number of hydrogen-bond acceptors (Lipinski definition) is 5. The van der Waals surface area contributed by atoms with Crippen LogP contribution in [0.1, 0.15) is 13.3 Å². The number of nitrogens with one attached hydrogen (secondary N) is 1. The van der Waals surface area contributed by atoms with Crippen LogP contribution in [0.15, 0.2) is 6.20 Å². The van der Waals surface area contributed by atoms with Crippen molar-refractivity contribution < 1.29 is 4.39 Å². The maximum absolute atomic E-state index is 13.3. The number of nitrogens with zero attached hydrogens (tertiary/aromatic N) is 4. The van der Waals surface area contributed by atoms with Crippen molar-refractivity contribution in [1.82, 2.24) is 14.9 Å². The van der Waals surface area contributed by atoms with Crippen LogP contribution in [0.4, 0.5) is 16.2 Å². The molecule has 0 aromatic carbocycles. The summed E-state index contributed by atoms with van der Waals surface area (Å²) in [4.78, 5) is 12.8. The molecule has 18 heavy (non-hydrogen) atoms. The lowest BCUT2D eigenvalue weighted by Gasteiger charge is -2.39. The maximum Gasteiger partial charge on any atom is 0.227 e. The van der Waals surface area contributed by atoms with Crippen LogP contribution in [0.2, 0.25) is 0 Å². The van der Waals surface area contributed by atoms with E-state index in [0.717, 1.165) is 26.1 Å². The fraction of sp³-hybridized carbons (Fsp3) is 0.667. The summed E-state index contributed by atoms with van der Waals surface area (Å²) < 4.78 is 13.3. The molecule has 0 spiro atoms. The zero-order valence-electron chi connectivity index (χ0n) is 11.1. The molecule has 1 unspecified atom stereocenters. The molecule has 0 amide bonds. The van der Waals surface area contributed by atoms with E-state index >= 15 is 0 Å².